The number of esters is 1. The number of hydrogen-bond donors (Lipinski definition) is 1. The second kappa shape index (κ2) is 8.65. The van der Waals surface area contributed by atoms with Crippen molar-refractivity contribution in [3.63, 3.8) is 0 Å². The van der Waals surface area contributed by atoms with Gasteiger partial charge in [-0.1, -0.05) is 18.1 Å². The summed E-state index contributed by atoms with van der Waals surface area (Å²) in [5, 5.41) is 3.07. The maximum atomic E-state index is 13.3. The van der Waals surface area contributed by atoms with Gasteiger partial charge >= 0.3 is 12.0 Å². The van der Waals surface area contributed by atoms with Crippen molar-refractivity contribution >= 4 is 17.7 Å². The molecule has 1 aromatic rings. The highest BCUT2D eigenvalue weighted by Gasteiger charge is 2.46. The molecule has 3 fully saturated rings. The minimum absolute atomic E-state index is 0.0290. The van der Waals surface area contributed by atoms with Gasteiger partial charge < -0.3 is 15.0 Å². The molecule has 2 bridgehead atoms. The highest BCUT2D eigenvalue weighted by molar-refractivity contribution is 5.92. The number of likely N-dealkylation sites (tertiary alicyclic amines) is 1. The van der Waals surface area contributed by atoms with Crippen molar-refractivity contribution in [1.29, 1.82) is 0 Å². The largest absolute Gasteiger partial charge is 0.462 e. The second-order valence-electron chi connectivity index (χ2n) is 9.43. The molecule has 1 aliphatic carbocycles. The lowest BCUT2D eigenvalue weighted by Crippen LogP contribution is -2.60. The summed E-state index contributed by atoms with van der Waals surface area (Å²) >= 11 is 0. The van der Waals surface area contributed by atoms with Crippen LogP contribution >= 0.6 is 0 Å². The first-order valence-electron chi connectivity index (χ1n) is 11.9. The standard InChI is InChI=1S/C25H33N3O3/c1-2-31-24(29)17-8-10-21(11-9-17)26-25(30)28-13-5-6-18-14-19-15-20(23(18)28)16-27-12-4-3-7-22(19)27/h8-11,14,19-20,22-23H,2-7,12-13,15-16H2,1H3,(H,26,30)/t19-,20+,22+,23+/m0/s1. The first-order valence-corrected chi connectivity index (χ1v) is 11.9. The molecule has 3 heterocycles. The number of piperidine rings is 3. The van der Waals surface area contributed by atoms with Crippen LogP contribution in [0.1, 0.15) is 55.8 Å². The van der Waals surface area contributed by atoms with E-state index in [-0.39, 0.29) is 18.0 Å². The van der Waals surface area contributed by atoms with E-state index in [4.69, 9.17) is 4.74 Å². The van der Waals surface area contributed by atoms with Gasteiger partial charge in [0.2, 0.25) is 0 Å². The summed E-state index contributed by atoms with van der Waals surface area (Å²) in [6.07, 6.45) is 9.91. The van der Waals surface area contributed by atoms with Gasteiger partial charge in [0.15, 0.2) is 0 Å². The third-order valence-electron chi connectivity index (χ3n) is 7.57. The van der Waals surface area contributed by atoms with Crippen molar-refractivity contribution in [3.8, 4) is 0 Å². The number of amides is 2. The van der Waals surface area contributed by atoms with E-state index < -0.39 is 0 Å². The molecule has 0 aromatic heterocycles. The molecule has 3 saturated heterocycles. The Morgan fingerprint density at radius 2 is 1.97 bits per heavy atom. The molecule has 4 atom stereocenters. The molecule has 1 N–H and O–H groups in total. The number of benzene rings is 1. The molecule has 31 heavy (non-hydrogen) atoms. The van der Waals surface area contributed by atoms with Crippen LogP contribution in [0.15, 0.2) is 35.9 Å². The van der Waals surface area contributed by atoms with Crippen molar-refractivity contribution in [2.45, 2.75) is 57.5 Å². The number of rotatable bonds is 3. The van der Waals surface area contributed by atoms with E-state index in [1.165, 1.54) is 37.8 Å². The van der Waals surface area contributed by atoms with Crippen molar-refractivity contribution in [3.05, 3.63) is 41.5 Å². The first-order chi connectivity index (χ1) is 15.1. The smallest absolute Gasteiger partial charge is 0.338 e. The molecule has 6 heteroatoms. The van der Waals surface area contributed by atoms with Gasteiger partial charge in [-0.2, -0.15) is 0 Å². The van der Waals surface area contributed by atoms with Gasteiger partial charge in [0.05, 0.1) is 18.2 Å². The number of urea groups is 1. The zero-order valence-corrected chi connectivity index (χ0v) is 18.4. The van der Waals surface area contributed by atoms with E-state index in [0.29, 0.717) is 29.7 Å². The molecule has 4 aliphatic rings. The minimum atomic E-state index is -0.337. The van der Waals surface area contributed by atoms with Crippen molar-refractivity contribution < 1.29 is 14.3 Å². The van der Waals surface area contributed by atoms with Crippen molar-refractivity contribution in [2.24, 2.45) is 11.8 Å². The van der Waals surface area contributed by atoms with E-state index in [9.17, 15) is 9.59 Å². The van der Waals surface area contributed by atoms with E-state index in [2.05, 4.69) is 21.2 Å². The molecule has 3 aliphatic heterocycles. The van der Waals surface area contributed by atoms with Crippen LogP contribution < -0.4 is 5.32 Å². The number of carbonyl (C=O) groups excluding carboxylic acids is 2. The Morgan fingerprint density at radius 1 is 1.13 bits per heavy atom. The Bertz CT molecular complexity index is 865. The Morgan fingerprint density at radius 3 is 2.77 bits per heavy atom. The third-order valence-corrected chi connectivity index (χ3v) is 7.57. The third kappa shape index (κ3) is 3.98. The van der Waals surface area contributed by atoms with Crippen LogP contribution in [-0.2, 0) is 4.74 Å². The summed E-state index contributed by atoms with van der Waals surface area (Å²) < 4.78 is 5.03. The molecule has 6 nitrogen and oxygen atoms in total. The Labute approximate surface area is 184 Å². The number of fused-ring (bicyclic) bond motifs is 6. The zero-order chi connectivity index (χ0) is 21.4. The summed E-state index contributed by atoms with van der Waals surface area (Å²) in [6, 6.07) is 7.89. The SMILES string of the molecule is CCOC(=O)c1ccc(NC(=O)N2CCCC3=C[C@H]4C[C@H](CN5CCCC[C@H]45)[C@@H]32)cc1. The van der Waals surface area contributed by atoms with Crippen LogP contribution in [0.3, 0.4) is 0 Å². The maximum absolute atomic E-state index is 13.3. The van der Waals surface area contributed by atoms with Crippen LogP contribution in [0.4, 0.5) is 10.5 Å². The summed E-state index contributed by atoms with van der Waals surface area (Å²) in [5.74, 6) is 0.872. The fourth-order valence-corrected chi connectivity index (χ4v) is 6.30. The summed E-state index contributed by atoms with van der Waals surface area (Å²) in [5.41, 5.74) is 2.70. The van der Waals surface area contributed by atoms with Gasteiger partial charge in [-0.25, -0.2) is 9.59 Å². The zero-order valence-electron chi connectivity index (χ0n) is 18.4. The van der Waals surface area contributed by atoms with Crippen molar-refractivity contribution in [1.82, 2.24) is 9.80 Å². The molecular formula is C25H33N3O3. The van der Waals surface area contributed by atoms with Crippen LogP contribution in [0.2, 0.25) is 0 Å². The Balaban J connectivity index is 1.31. The van der Waals surface area contributed by atoms with Gasteiger partial charge in [-0.05, 0) is 81.7 Å². The number of carbonyl (C=O) groups is 2. The van der Waals surface area contributed by atoms with Gasteiger partial charge in [-0.3, -0.25) is 4.90 Å². The van der Waals surface area contributed by atoms with Crippen LogP contribution in [0.25, 0.3) is 0 Å². The molecule has 166 valence electrons. The lowest BCUT2D eigenvalue weighted by Gasteiger charge is -2.54. The second-order valence-corrected chi connectivity index (χ2v) is 9.43. The lowest BCUT2D eigenvalue weighted by molar-refractivity contribution is 0.00908. The average Bonchev–Trinajstić information content (AvgIpc) is 2.79. The number of ether oxygens (including phenoxy) is 1. The van der Waals surface area contributed by atoms with E-state index in [0.717, 1.165) is 32.0 Å². The summed E-state index contributed by atoms with van der Waals surface area (Å²) in [7, 11) is 0. The van der Waals surface area contributed by atoms with Gasteiger partial charge in [-0.15, -0.1) is 0 Å². The predicted octanol–water partition coefficient (Wildman–Crippen LogP) is 4.29. The average molecular weight is 424 g/mol. The number of hydrogen-bond acceptors (Lipinski definition) is 4. The Kier molecular flexibility index (Phi) is 5.74. The number of anilines is 1. The number of nitrogens with one attached hydrogen (secondary N) is 1. The molecular weight excluding hydrogens is 390 g/mol. The molecule has 5 rings (SSSR count). The molecule has 1 aromatic carbocycles. The van der Waals surface area contributed by atoms with E-state index in [1.807, 2.05) is 0 Å². The minimum Gasteiger partial charge on any atom is -0.462 e. The van der Waals surface area contributed by atoms with Crippen molar-refractivity contribution in [2.75, 3.05) is 31.6 Å². The normalized spacial score (nSPS) is 30.0. The van der Waals surface area contributed by atoms with Crippen LogP contribution in [0.5, 0.6) is 0 Å². The highest BCUT2D eigenvalue weighted by Crippen LogP contribution is 2.45. The van der Waals surface area contributed by atoms with Gasteiger partial charge in [0.25, 0.3) is 0 Å². The monoisotopic (exact) mass is 423 g/mol. The fraction of sp³-hybridized carbons (Fsp3) is 0.600. The highest BCUT2D eigenvalue weighted by atomic mass is 16.5. The quantitative estimate of drug-likeness (QED) is 0.582. The van der Waals surface area contributed by atoms with E-state index in [1.54, 1.807) is 31.2 Å². The molecule has 0 spiro atoms. The Hall–Kier alpha value is -2.34. The maximum Gasteiger partial charge on any atom is 0.338 e. The molecule has 2 amide bonds. The molecule has 0 unspecified atom stereocenters. The fourth-order valence-electron chi connectivity index (χ4n) is 6.30. The summed E-state index contributed by atoms with van der Waals surface area (Å²) in [4.78, 5) is 29.9. The van der Waals surface area contributed by atoms with Gasteiger partial charge in [0.1, 0.15) is 0 Å². The predicted molar refractivity (Wildman–Crippen MR) is 120 cm³/mol. The first kappa shape index (κ1) is 20.6. The van der Waals surface area contributed by atoms with E-state index >= 15 is 0 Å². The van der Waals surface area contributed by atoms with Crippen LogP contribution in [-0.4, -0.2) is 60.1 Å². The van der Waals surface area contributed by atoms with Crippen LogP contribution in [0, 0.1) is 11.8 Å². The number of nitrogens with zero attached hydrogens (tertiary/aromatic N) is 2. The summed E-state index contributed by atoms with van der Waals surface area (Å²) in [6.45, 7) is 5.29. The molecule has 0 saturated carbocycles. The van der Waals surface area contributed by atoms with Gasteiger partial charge in [0, 0.05) is 24.8 Å². The lowest BCUT2D eigenvalue weighted by atomic mass is 9.68. The molecule has 0 radical (unpaired) electrons. The topological polar surface area (TPSA) is 61.9 Å².